The first-order chi connectivity index (χ1) is 8.28. The molecule has 3 heterocycles. The SMILES string of the molecule is FC1CCNCC12CCN(Cc1ccco1)C2. The van der Waals surface area contributed by atoms with E-state index < -0.39 is 6.17 Å². The third kappa shape index (κ3) is 2.11. The second-order valence-corrected chi connectivity index (χ2v) is 5.34. The van der Waals surface area contributed by atoms with Gasteiger partial charge in [-0.15, -0.1) is 0 Å². The second-order valence-electron chi connectivity index (χ2n) is 5.34. The lowest BCUT2D eigenvalue weighted by molar-refractivity contribution is 0.0740. The van der Waals surface area contributed by atoms with E-state index in [2.05, 4.69) is 10.2 Å². The highest BCUT2D eigenvalue weighted by molar-refractivity contribution is 5.03. The highest BCUT2D eigenvalue weighted by atomic mass is 19.1. The number of hydrogen-bond donors (Lipinski definition) is 1. The summed E-state index contributed by atoms with van der Waals surface area (Å²) in [5.41, 5.74) is -0.148. The molecule has 94 valence electrons. The van der Waals surface area contributed by atoms with Crippen LogP contribution in [0.5, 0.6) is 0 Å². The minimum absolute atomic E-state index is 0.148. The van der Waals surface area contributed by atoms with E-state index in [4.69, 9.17) is 4.42 Å². The fourth-order valence-corrected chi connectivity index (χ4v) is 3.13. The average molecular weight is 238 g/mol. The maximum absolute atomic E-state index is 14.1. The van der Waals surface area contributed by atoms with Gasteiger partial charge in [0, 0.05) is 18.5 Å². The van der Waals surface area contributed by atoms with E-state index in [0.29, 0.717) is 6.42 Å². The summed E-state index contributed by atoms with van der Waals surface area (Å²) in [6, 6.07) is 3.89. The van der Waals surface area contributed by atoms with Gasteiger partial charge in [0.05, 0.1) is 12.8 Å². The third-order valence-electron chi connectivity index (χ3n) is 4.14. The normalized spacial score (nSPS) is 34.5. The Hall–Kier alpha value is -0.870. The number of alkyl halides is 1. The molecule has 1 aromatic rings. The molecule has 3 rings (SSSR count). The van der Waals surface area contributed by atoms with Crippen LogP contribution in [0.4, 0.5) is 4.39 Å². The Kier molecular flexibility index (Phi) is 2.92. The fourth-order valence-electron chi connectivity index (χ4n) is 3.13. The molecule has 4 heteroatoms. The Bertz CT molecular complexity index is 368. The van der Waals surface area contributed by atoms with Gasteiger partial charge in [-0.25, -0.2) is 4.39 Å². The van der Waals surface area contributed by atoms with Crippen LogP contribution in [0.2, 0.25) is 0 Å². The number of nitrogens with one attached hydrogen (secondary N) is 1. The van der Waals surface area contributed by atoms with Crippen molar-refractivity contribution in [1.29, 1.82) is 0 Å². The first-order valence-corrected chi connectivity index (χ1v) is 6.38. The van der Waals surface area contributed by atoms with E-state index in [-0.39, 0.29) is 5.41 Å². The summed E-state index contributed by atoms with van der Waals surface area (Å²) < 4.78 is 19.5. The van der Waals surface area contributed by atoms with Gasteiger partial charge in [0.2, 0.25) is 0 Å². The average Bonchev–Trinajstić information content (AvgIpc) is 2.95. The Morgan fingerprint density at radius 3 is 3.29 bits per heavy atom. The molecule has 0 aromatic carbocycles. The Morgan fingerprint density at radius 2 is 2.53 bits per heavy atom. The summed E-state index contributed by atoms with van der Waals surface area (Å²) in [6.45, 7) is 4.27. The number of halogens is 1. The summed E-state index contributed by atoms with van der Waals surface area (Å²) >= 11 is 0. The zero-order valence-electron chi connectivity index (χ0n) is 9.99. The molecule has 0 saturated carbocycles. The van der Waals surface area contributed by atoms with Crippen LogP contribution in [0.15, 0.2) is 22.8 Å². The van der Waals surface area contributed by atoms with E-state index in [1.807, 2.05) is 12.1 Å². The molecular formula is C13H19FN2O. The smallest absolute Gasteiger partial charge is 0.117 e. The fraction of sp³-hybridized carbons (Fsp3) is 0.692. The molecular weight excluding hydrogens is 219 g/mol. The molecule has 2 unspecified atom stereocenters. The molecule has 0 radical (unpaired) electrons. The molecule has 2 aliphatic heterocycles. The molecule has 2 saturated heterocycles. The largest absolute Gasteiger partial charge is 0.468 e. The minimum Gasteiger partial charge on any atom is -0.468 e. The summed E-state index contributed by atoms with van der Waals surface area (Å²) in [6.07, 6.45) is 2.67. The molecule has 2 atom stereocenters. The van der Waals surface area contributed by atoms with E-state index in [9.17, 15) is 4.39 Å². The Labute approximate surface area is 101 Å². The molecule has 0 aliphatic carbocycles. The second kappa shape index (κ2) is 4.42. The van der Waals surface area contributed by atoms with Crippen molar-refractivity contribution in [1.82, 2.24) is 10.2 Å². The van der Waals surface area contributed by atoms with Crippen molar-refractivity contribution >= 4 is 0 Å². The molecule has 1 N–H and O–H groups in total. The van der Waals surface area contributed by atoms with E-state index in [0.717, 1.165) is 44.9 Å². The highest BCUT2D eigenvalue weighted by Gasteiger charge is 2.46. The highest BCUT2D eigenvalue weighted by Crippen LogP contribution is 2.39. The number of furan rings is 1. The first kappa shape index (κ1) is 11.2. The summed E-state index contributed by atoms with van der Waals surface area (Å²) in [4.78, 5) is 2.30. The van der Waals surface area contributed by atoms with Crippen LogP contribution in [0.25, 0.3) is 0 Å². The maximum atomic E-state index is 14.1. The summed E-state index contributed by atoms with van der Waals surface area (Å²) in [5, 5.41) is 3.34. The van der Waals surface area contributed by atoms with Crippen molar-refractivity contribution in [2.45, 2.75) is 25.6 Å². The van der Waals surface area contributed by atoms with Gasteiger partial charge in [0.1, 0.15) is 11.9 Å². The topological polar surface area (TPSA) is 28.4 Å². The van der Waals surface area contributed by atoms with Gasteiger partial charge in [-0.2, -0.15) is 0 Å². The van der Waals surface area contributed by atoms with E-state index >= 15 is 0 Å². The lowest BCUT2D eigenvalue weighted by Crippen LogP contribution is -2.49. The van der Waals surface area contributed by atoms with Crippen LogP contribution >= 0.6 is 0 Å². The number of likely N-dealkylation sites (tertiary alicyclic amines) is 1. The molecule has 0 bridgehead atoms. The van der Waals surface area contributed by atoms with Crippen LogP contribution in [0.3, 0.4) is 0 Å². The zero-order chi connectivity index (χ0) is 11.7. The molecule has 2 aliphatic rings. The van der Waals surface area contributed by atoms with Crippen molar-refractivity contribution in [2.75, 3.05) is 26.2 Å². The molecule has 17 heavy (non-hydrogen) atoms. The van der Waals surface area contributed by atoms with Crippen molar-refractivity contribution in [3.63, 3.8) is 0 Å². The number of hydrogen-bond acceptors (Lipinski definition) is 3. The molecule has 1 spiro atoms. The molecule has 0 amide bonds. The van der Waals surface area contributed by atoms with Crippen molar-refractivity contribution in [2.24, 2.45) is 5.41 Å². The van der Waals surface area contributed by atoms with Crippen molar-refractivity contribution in [3.8, 4) is 0 Å². The monoisotopic (exact) mass is 238 g/mol. The number of nitrogens with zero attached hydrogens (tertiary/aromatic N) is 1. The Morgan fingerprint density at radius 1 is 1.59 bits per heavy atom. The van der Waals surface area contributed by atoms with Crippen LogP contribution in [0.1, 0.15) is 18.6 Å². The Balaban J connectivity index is 1.64. The van der Waals surface area contributed by atoms with Crippen LogP contribution in [-0.4, -0.2) is 37.3 Å². The van der Waals surface area contributed by atoms with Crippen molar-refractivity contribution < 1.29 is 8.81 Å². The number of piperidine rings is 1. The van der Waals surface area contributed by atoms with Crippen LogP contribution in [-0.2, 0) is 6.54 Å². The first-order valence-electron chi connectivity index (χ1n) is 6.38. The lowest BCUT2D eigenvalue weighted by atomic mass is 9.78. The van der Waals surface area contributed by atoms with Gasteiger partial charge in [-0.05, 0) is 38.1 Å². The molecule has 1 aromatic heterocycles. The summed E-state index contributed by atoms with van der Waals surface area (Å²) in [7, 11) is 0. The van der Waals surface area contributed by atoms with E-state index in [1.165, 1.54) is 0 Å². The van der Waals surface area contributed by atoms with Crippen molar-refractivity contribution in [3.05, 3.63) is 24.2 Å². The molecule has 2 fully saturated rings. The standard InChI is InChI=1S/C13H19FN2O/c14-12-3-5-15-9-13(12)4-6-16(10-13)8-11-2-1-7-17-11/h1-2,7,12,15H,3-6,8-10H2. The summed E-state index contributed by atoms with van der Waals surface area (Å²) in [5.74, 6) is 0.973. The van der Waals surface area contributed by atoms with Gasteiger partial charge < -0.3 is 9.73 Å². The maximum Gasteiger partial charge on any atom is 0.117 e. The van der Waals surface area contributed by atoms with Gasteiger partial charge in [-0.1, -0.05) is 0 Å². The lowest BCUT2D eigenvalue weighted by Gasteiger charge is -2.37. The van der Waals surface area contributed by atoms with Gasteiger partial charge >= 0.3 is 0 Å². The van der Waals surface area contributed by atoms with Crippen LogP contribution < -0.4 is 5.32 Å². The predicted molar refractivity (Wildman–Crippen MR) is 63.4 cm³/mol. The van der Waals surface area contributed by atoms with E-state index in [1.54, 1.807) is 6.26 Å². The van der Waals surface area contributed by atoms with Gasteiger partial charge in [0.15, 0.2) is 0 Å². The molecule has 3 nitrogen and oxygen atoms in total. The minimum atomic E-state index is -0.648. The zero-order valence-corrected chi connectivity index (χ0v) is 9.99. The third-order valence-corrected chi connectivity index (χ3v) is 4.14. The van der Waals surface area contributed by atoms with Gasteiger partial charge in [0.25, 0.3) is 0 Å². The number of rotatable bonds is 2. The van der Waals surface area contributed by atoms with Crippen LogP contribution in [0, 0.1) is 5.41 Å². The quantitative estimate of drug-likeness (QED) is 0.851. The predicted octanol–water partition coefficient (Wildman–Crippen LogP) is 1.80. The van der Waals surface area contributed by atoms with Gasteiger partial charge in [-0.3, -0.25) is 4.90 Å².